The highest BCUT2D eigenvalue weighted by Gasteiger charge is 2.38. The minimum Gasteiger partial charge on any atom is -0.462 e. The zero-order chi connectivity index (χ0) is 18.7. The van der Waals surface area contributed by atoms with E-state index in [9.17, 15) is 18.0 Å². The Morgan fingerprint density at radius 1 is 1.31 bits per heavy atom. The van der Waals surface area contributed by atoms with Crippen LogP contribution < -0.4 is 0 Å². The monoisotopic (exact) mass is 367 g/mol. The number of ether oxygens (including phenoxy) is 1. The number of esters is 1. The topological polar surface area (TPSA) is 95.9 Å². The van der Waals surface area contributed by atoms with Crippen LogP contribution >= 0.6 is 0 Å². The molecule has 136 valence electrons. The van der Waals surface area contributed by atoms with Crippen molar-refractivity contribution in [3.05, 3.63) is 47.7 Å². The van der Waals surface area contributed by atoms with Crippen LogP contribution in [0.25, 0.3) is 11.5 Å². The van der Waals surface area contributed by atoms with Crippen LogP contribution in [0.2, 0.25) is 0 Å². The fraction of sp³-hybridized carbons (Fsp3) is 0.267. The Balaban J connectivity index is 1.70. The minimum atomic E-state index is -4.71. The van der Waals surface area contributed by atoms with Gasteiger partial charge in [0.2, 0.25) is 5.82 Å². The van der Waals surface area contributed by atoms with Gasteiger partial charge in [-0.2, -0.15) is 23.3 Å². The van der Waals surface area contributed by atoms with Crippen molar-refractivity contribution >= 4 is 5.97 Å². The van der Waals surface area contributed by atoms with Gasteiger partial charge in [0.05, 0.1) is 24.9 Å². The van der Waals surface area contributed by atoms with E-state index in [0.29, 0.717) is 17.7 Å². The average molecular weight is 367 g/mol. The normalized spacial score (nSPS) is 11.5. The molecule has 0 spiro atoms. The highest BCUT2D eigenvalue weighted by molar-refractivity contribution is 5.88. The van der Waals surface area contributed by atoms with E-state index in [1.165, 1.54) is 29.3 Å². The van der Waals surface area contributed by atoms with Gasteiger partial charge in [-0.25, -0.2) is 4.79 Å². The number of rotatable bonds is 5. The van der Waals surface area contributed by atoms with Crippen LogP contribution in [-0.4, -0.2) is 37.5 Å². The number of alkyl halides is 3. The molecule has 3 rings (SSSR count). The first-order valence-electron chi connectivity index (χ1n) is 7.42. The molecule has 0 bridgehead atoms. The molecule has 11 heteroatoms. The van der Waals surface area contributed by atoms with Crippen molar-refractivity contribution in [1.82, 2.24) is 24.9 Å². The first-order valence-corrected chi connectivity index (χ1v) is 7.42. The number of carbonyl (C=O) groups excluding carboxylic acids is 1. The Bertz CT molecular complexity index is 902. The van der Waals surface area contributed by atoms with Crippen LogP contribution in [0, 0.1) is 0 Å². The van der Waals surface area contributed by atoms with Gasteiger partial charge in [-0.05, 0) is 18.6 Å². The largest absolute Gasteiger partial charge is 0.471 e. The molecule has 0 saturated carbocycles. The van der Waals surface area contributed by atoms with Gasteiger partial charge in [-0.3, -0.25) is 9.67 Å². The number of halogens is 3. The summed E-state index contributed by atoms with van der Waals surface area (Å²) in [7, 11) is 0. The van der Waals surface area contributed by atoms with Crippen molar-refractivity contribution in [3.63, 3.8) is 0 Å². The van der Waals surface area contributed by atoms with Crippen LogP contribution in [-0.2, 0) is 17.5 Å². The molecule has 0 aliphatic rings. The Morgan fingerprint density at radius 2 is 2.12 bits per heavy atom. The number of aromatic nitrogens is 5. The van der Waals surface area contributed by atoms with E-state index in [4.69, 9.17) is 4.74 Å². The summed E-state index contributed by atoms with van der Waals surface area (Å²) < 4.78 is 48.0. The molecule has 0 amide bonds. The molecule has 0 unspecified atom stereocenters. The van der Waals surface area contributed by atoms with Crippen LogP contribution in [0.15, 0.2) is 35.2 Å². The number of nitrogens with zero attached hydrogens (tertiary/aromatic N) is 5. The van der Waals surface area contributed by atoms with E-state index >= 15 is 0 Å². The molecular formula is C15H12F3N5O3. The van der Waals surface area contributed by atoms with Gasteiger partial charge in [0.1, 0.15) is 5.69 Å². The fourth-order valence-electron chi connectivity index (χ4n) is 2.05. The maximum absolute atomic E-state index is 12.5. The summed E-state index contributed by atoms with van der Waals surface area (Å²) in [6.45, 7) is 2.28. The Hall–Kier alpha value is -3.24. The van der Waals surface area contributed by atoms with Crippen LogP contribution in [0.5, 0.6) is 0 Å². The molecule has 3 heterocycles. The van der Waals surface area contributed by atoms with E-state index in [2.05, 4.69) is 24.7 Å². The second kappa shape index (κ2) is 6.94. The number of carbonyl (C=O) groups is 1. The fourth-order valence-corrected chi connectivity index (χ4v) is 2.05. The molecule has 0 aromatic carbocycles. The van der Waals surface area contributed by atoms with Crippen molar-refractivity contribution in [1.29, 1.82) is 0 Å². The lowest BCUT2D eigenvalue weighted by Gasteiger charge is -2.02. The third-order valence-corrected chi connectivity index (χ3v) is 3.21. The smallest absolute Gasteiger partial charge is 0.462 e. The van der Waals surface area contributed by atoms with E-state index in [-0.39, 0.29) is 18.1 Å². The van der Waals surface area contributed by atoms with Crippen LogP contribution in [0.3, 0.4) is 0 Å². The summed E-state index contributed by atoms with van der Waals surface area (Å²) in [5, 5.41) is 7.32. The average Bonchev–Trinajstić information content (AvgIpc) is 3.25. The van der Waals surface area contributed by atoms with Gasteiger partial charge in [0.25, 0.3) is 0 Å². The lowest BCUT2D eigenvalue weighted by molar-refractivity contribution is -0.159. The van der Waals surface area contributed by atoms with E-state index in [0.717, 1.165) is 0 Å². The molecule has 3 aromatic rings. The van der Waals surface area contributed by atoms with Crippen molar-refractivity contribution in [3.8, 4) is 11.5 Å². The molecule has 26 heavy (non-hydrogen) atoms. The third-order valence-electron chi connectivity index (χ3n) is 3.21. The van der Waals surface area contributed by atoms with E-state index in [1.54, 1.807) is 13.0 Å². The van der Waals surface area contributed by atoms with Gasteiger partial charge in [-0.1, -0.05) is 11.2 Å². The molecule has 0 N–H and O–H groups in total. The summed E-state index contributed by atoms with van der Waals surface area (Å²) in [6.07, 6.45) is -0.342. The molecule has 0 saturated heterocycles. The number of hydrogen-bond acceptors (Lipinski definition) is 7. The second-order valence-electron chi connectivity index (χ2n) is 5.12. The maximum atomic E-state index is 12.5. The van der Waals surface area contributed by atoms with Gasteiger partial charge in [0.15, 0.2) is 0 Å². The van der Waals surface area contributed by atoms with Crippen LogP contribution in [0.4, 0.5) is 13.2 Å². The Labute approximate surface area is 144 Å². The number of pyridine rings is 1. The van der Waals surface area contributed by atoms with E-state index < -0.39 is 18.0 Å². The second-order valence-corrected chi connectivity index (χ2v) is 5.12. The van der Waals surface area contributed by atoms with Crippen molar-refractivity contribution in [2.24, 2.45) is 0 Å². The minimum absolute atomic E-state index is 0.140. The van der Waals surface area contributed by atoms with Gasteiger partial charge in [-0.15, -0.1) is 0 Å². The van der Waals surface area contributed by atoms with Crippen molar-refractivity contribution in [2.75, 3.05) is 6.61 Å². The standard InChI is InChI=1S/C15H12F3N5O3/c1-2-25-13(24)10-6-20-23(8-10)7-9-3-4-11(19-5-9)12-21-14(26-22-12)15(16,17)18/h3-6,8H,2,7H2,1H3. The zero-order valence-corrected chi connectivity index (χ0v) is 13.4. The molecule has 0 aliphatic carbocycles. The predicted molar refractivity (Wildman–Crippen MR) is 79.8 cm³/mol. The first-order chi connectivity index (χ1) is 12.4. The summed E-state index contributed by atoms with van der Waals surface area (Å²) in [5.41, 5.74) is 1.18. The number of hydrogen-bond donors (Lipinski definition) is 0. The van der Waals surface area contributed by atoms with E-state index in [1.807, 2.05) is 0 Å². The molecule has 8 nitrogen and oxygen atoms in total. The molecule has 3 aromatic heterocycles. The molecule has 0 fully saturated rings. The Morgan fingerprint density at radius 3 is 2.73 bits per heavy atom. The third kappa shape index (κ3) is 3.87. The maximum Gasteiger partial charge on any atom is 0.471 e. The zero-order valence-electron chi connectivity index (χ0n) is 13.4. The molecule has 0 radical (unpaired) electrons. The van der Waals surface area contributed by atoms with Gasteiger partial charge < -0.3 is 9.26 Å². The van der Waals surface area contributed by atoms with Gasteiger partial charge in [0, 0.05) is 12.4 Å². The quantitative estimate of drug-likeness (QED) is 0.640. The Kier molecular flexibility index (Phi) is 4.69. The predicted octanol–water partition coefficient (Wildman–Crippen LogP) is 2.57. The van der Waals surface area contributed by atoms with Crippen molar-refractivity contribution in [2.45, 2.75) is 19.6 Å². The summed E-state index contributed by atoms with van der Waals surface area (Å²) in [4.78, 5) is 18.9. The molecule has 0 aliphatic heterocycles. The summed E-state index contributed by atoms with van der Waals surface area (Å²) >= 11 is 0. The van der Waals surface area contributed by atoms with Crippen LogP contribution in [0.1, 0.15) is 28.7 Å². The lowest BCUT2D eigenvalue weighted by atomic mass is 10.2. The summed E-state index contributed by atoms with van der Waals surface area (Å²) in [6, 6.07) is 3.10. The lowest BCUT2D eigenvalue weighted by Crippen LogP contribution is -2.05. The SMILES string of the molecule is CCOC(=O)c1cnn(Cc2ccc(-c3noc(C(F)(F)F)n3)nc2)c1. The van der Waals surface area contributed by atoms with Crippen molar-refractivity contribution < 1.29 is 27.2 Å². The molecule has 0 atom stereocenters. The first kappa shape index (κ1) is 17.6. The highest BCUT2D eigenvalue weighted by Crippen LogP contribution is 2.28. The summed E-state index contributed by atoms with van der Waals surface area (Å²) in [5.74, 6) is -2.15. The molecular weight excluding hydrogens is 355 g/mol. The van der Waals surface area contributed by atoms with Gasteiger partial charge >= 0.3 is 18.0 Å². The highest BCUT2D eigenvalue weighted by atomic mass is 19.4.